The average Bonchev–Trinajstić information content (AvgIpc) is 2.87. The Kier molecular flexibility index (Phi) is 5.70. The Morgan fingerprint density at radius 2 is 1.83 bits per heavy atom. The zero-order chi connectivity index (χ0) is 16.8. The summed E-state index contributed by atoms with van der Waals surface area (Å²) in [7, 11) is 0. The van der Waals surface area contributed by atoms with Crippen LogP contribution in [0.15, 0.2) is 24.3 Å². The molecule has 0 saturated carbocycles. The number of thiazole rings is 1. The number of carbonyl (C=O) groups excluding carboxylic acids is 2. The van der Waals surface area contributed by atoms with Gasteiger partial charge in [-0.05, 0) is 32.4 Å². The summed E-state index contributed by atoms with van der Waals surface area (Å²) in [5.41, 5.74) is 2.42. The monoisotopic (exact) mass is 332 g/mol. The SMILES string of the molecule is CCCNC(=O)c1sc(NC(=O)Nc2ccc(C)cc2)nc1C. The number of carbonyl (C=O) groups is 2. The van der Waals surface area contributed by atoms with Gasteiger partial charge in [-0.2, -0.15) is 0 Å². The summed E-state index contributed by atoms with van der Waals surface area (Å²) < 4.78 is 0. The molecular formula is C16H20N4O2S. The number of hydrogen-bond donors (Lipinski definition) is 3. The second kappa shape index (κ2) is 7.73. The maximum absolute atomic E-state index is 12.0. The van der Waals surface area contributed by atoms with Gasteiger partial charge in [-0.25, -0.2) is 9.78 Å². The van der Waals surface area contributed by atoms with Crippen molar-refractivity contribution >= 4 is 34.1 Å². The van der Waals surface area contributed by atoms with Crippen molar-refractivity contribution in [3.8, 4) is 0 Å². The van der Waals surface area contributed by atoms with Crippen LogP contribution < -0.4 is 16.0 Å². The first-order valence-corrected chi connectivity index (χ1v) is 8.21. The fourth-order valence-electron chi connectivity index (χ4n) is 1.88. The summed E-state index contributed by atoms with van der Waals surface area (Å²) in [6.07, 6.45) is 0.869. The summed E-state index contributed by atoms with van der Waals surface area (Å²) in [5, 5.41) is 8.58. The maximum Gasteiger partial charge on any atom is 0.325 e. The van der Waals surface area contributed by atoms with Crippen LogP contribution in [0.1, 0.15) is 34.3 Å². The summed E-state index contributed by atoms with van der Waals surface area (Å²) in [6, 6.07) is 7.10. The lowest BCUT2D eigenvalue weighted by Crippen LogP contribution is -2.23. The molecule has 0 aliphatic rings. The molecule has 3 amide bonds. The maximum atomic E-state index is 12.0. The van der Waals surface area contributed by atoms with Crippen LogP contribution in [0.5, 0.6) is 0 Å². The number of rotatable bonds is 5. The summed E-state index contributed by atoms with van der Waals surface area (Å²) in [4.78, 5) is 28.7. The van der Waals surface area contributed by atoms with E-state index < -0.39 is 0 Å². The molecule has 0 aliphatic heterocycles. The van der Waals surface area contributed by atoms with E-state index in [9.17, 15) is 9.59 Å². The predicted molar refractivity (Wildman–Crippen MR) is 93.3 cm³/mol. The fourth-order valence-corrected chi connectivity index (χ4v) is 2.75. The van der Waals surface area contributed by atoms with Crippen LogP contribution in [0.4, 0.5) is 15.6 Å². The van der Waals surface area contributed by atoms with E-state index in [1.165, 1.54) is 0 Å². The van der Waals surface area contributed by atoms with Gasteiger partial charge >= 0.3 is 6.03 Å². The van der Waals surface area contributed by atoms with Crippen LogP contribution in [0.3, 0.4) is 0 Å². The minimum atomic E-state index is -0.386. The Balaban J connectivity index is 1.98. The molecule has 0 fully saturated rings. The van der Waals surface area contributed by atoms with Crippen molar-refractivity contribution in [3.63, 3.8) is 0 Å². The number of benzene rings is 1. The van der Waals surface area contributed by atoms with Gasteiger partial charge in [-0.3, -0.25) is 10.1 Å². The first kappa shape index (κ1) is 17.0. The normalized spacial score (nSPS) is 10.2. The fraction of sp³-hybridized carbons (Fsp3) is 0.312. The Morgan fingerprint density at radius 1 is 1.13 bits per heavy atom. The van der Waals surface area contributed by atoms with Crippen LogP contribution >= 0.6 is 11.3 Å². The van der Waals surface area contributed by atoms with E-state index in [0.717, 1.165) is 23.3 Å². The Bertz CT molecular complexity index is 695. The lowest BCUT2D eigenvalue weighted by molar-refractivity contribution is 0.0957. The largest absolute Gasteiger partial charge is 0.351 e. The van der Waals surface area contributed by atoms with Crippen molar-refractivity contribution in [2.45, 2.75) is 27.2 Å². The highest BCUT2D eigenvalue weighted by Crippen LogP contribution is 2.22. The zero-order valence-electron chi connectivity index (χ0n) is 13.4. The van der Waals surface area contributed by atoms with E-state index in [0.29, 0.717) is 27.9 Å². The van der Waals surface area contributed by atoms with Crippen LogP contribution in [0.25, 0.3) is 0 Å². The number of nitrogens with one attached hydrogen (secondary N) is 3. The first-order valence-electron chi connectivity index (χ1n) is 7.40. The third kappa shape index (κ3) is 4.79. The molecule has 0 radical (unpaired) electrons. The topological polar surface area (TPSA) is 83.1 Å². The van der Waals surface area contributed by atoms with Crippen molar-refractivity contribution in [1.82, 2.24) is 10.3 Å². The molecule has 3 N–H and O–H groups in total. The molecule has 2 aromatic rings. The molecule has 0 bridgehead atoms. The van der Waals surface area contributed by atoms with Crippen LogP contribution in [-0.4, -0.2) is 23.5 Å². The molecule has 0 saturated heterocycles. The standard InChI is InChI=1S/C16H20N4O2S/c1-4-9-17-14(21)13-11(3)18-16(23-13)20-15(22)19-12-7-5-10(2)6-8-12/h5-8H,4,9H2,1-3H3,(H,17,21)(H2,18,19,20,22). The number of urea groups is 1. The van der Waals surface area contributed by atoms with Gasteiger partial charge in [-0.15, -0.1) is 0 Å². The van der Waals surface area contributed by atoms with E-state index in [-0.39, 0.29) is 11.9 Å². The van der Waals surface area contributed by atoms with Gasteiger partial charge < -0.3 is 10.6 Å². The molecule has 1 aromatic carbocycles. The lowest BCUT2D eigenvalue weighted by atomic mass is 10.2. The van der Waals surface area contributed by atoms with Gasteiger partial charge in [0.05, 0.1) is 5.69 Å². The van der Waals surface area contributed by atoms with Gasteiger partial charge in [0.15, 0.2) is 5.13 Å². The van der Waals surface area contributed by atoms with E-state index >= 15 is 0 Å². The molecule has 2 rings (SSSR count). The quantitative estimate of drug-likeness (QED) is 0.783. The Morgan fingerprint density at radius 3 is 2.48 bits per heavy atom. The second-order valence-electron chi connectivity index (χ2n) is 5.13. The molecule has 1 heterocycles. The van der Waals surface area contributed by atoms with Gasteiger partial charge in [0, 0.05) is 12.2 Å². The molecule has 6 nitrogen and oxygen atoms in total. The van der Waals surface area contributed by atoms with Gasteiger partial charge in [0.25, 0.3) is 5.91 Å². The summed E-state index contributed by atoms with van der Waals surface area (Å²) in [6.45, 7) is 6.34. The van der Waals surface area contributed by atoms with Gasteiger partial charge in [0.1, 0.15) is 4.88 Å². The van der Waals surface area contributed by atoms with E-state index in [2.05, 4.69) is 20.9 Å². The highest BCUT2D eigenvalue weighted by Gasteiger charge is 2.16. The Hall–Kier alpha value is -2.41. The Labute approximate surface area is 139 Å². The highest BCUT2D eigenvalue weighted by molar-refractivity contribution is 7.17. The smallest absolute Gasteiger partial charge is 0.325 e. The van der Waals surface area contributed by atoms with Crippen molar-refractivity contribution in [2.75, 3.05) is 17.2 Å². The number of hydrogen-bond acceptors (Lipinski definition) is 4. The number of amides is 3. The molecule has 1 aromatic heterocycles. The van der Waals surface area contributed by atoms with E-state index in [1.807, 2.05) is 38.1 Å². The molecule has 122 valence electrons. The average molecular weight is 332 g/mol. The predicted octanol–water partition coefficient (Wildman–Crippen LogP) is 3.54. The molecule has 0 spiro atoms. The van der Waals surface area contributed by atoms with Gasteiger partial charge in [0.2, 0.25) is 0 Å². The third-order valence-electron chi connectivity index (χ3n) is 3.07. The van der Waals surface area contributed by atoms with Crippen molar-refractivity contribution in [2.24, 2.45) is 0 Å². The van der Waals surface area contributed by atoms with E-state index in [4.69, 9.17) is 0 Å². The van der Waals surface area contributed by atoms with Crippen LogP contribution in [-0.2, 0) is 0 Å². The molecule has 23 heavy (non-hydrogen) atoms. The first-order chi connectivity index (χ1) is 11.0. The number of aromatic nitrogens is 1. The zero-order valence-corrected chi connectivity index (χ0v) is 14.2. The molecule has 0 aliphatic carbocycles. The third-order valence-corrected chi connectivity index (χ3v) is 4.14. The minimum absolute atomic E-state index is 0.158. The van der Waals surface area contributed by atoms with E-state index in [1.54, 1.807) is 6.92 Å². The second-order valence-corrected chi connectivity index (χ2v) is 6.13. The number of anilines is 2. The summed E-state index contributed by atoms with van der Waals surface area (Å²) >= 11 is 1.16. The van der Waals surface area contributed by atoms with Crippen molar-refractivity contribution in [1.29, 1.82) is 0 Å². The van der Waals surface area contributed by atoms with Crippen molar-refractivity contribution < 1.29 is 9.59 Å². The molecule has 0 unspecified atom stereocenters. The molecule has 7 heteroatoms. The minimum Gasteiger partial charge on any atom is -0.351 e. The van der Waals surface area contributed by atoms with Crippen LogP contribution in [0.2, 0.25) is 0 Å². The van der Waals surface area contributed by atoms with Crippen molar-refractivity contribution in [3.05, 3.63) is 40.4 Å². The molecule has 0 atom stereocenters. The summed E-state index contributed by atoms with van der Waals surface area (Å²) in [5.74, 6) is -0.158. The van der Waals surface area contributed by atoms with Gasteiger partial charge in [-0.1, -0.05) is 36.0 Å². The molecular weight excluding hydrogens is 312 g/mol. The number of nitrogens with zero attached hydrogens (tertiary/aromatic N) is 1. The highest BCUT2D eigenvalue weighted by atomic mass is 32.1. The number of aryl methyl sites for hydroxylation is 2. The van der Waals surface area contributed by atoms with Crippen LogP contribution in [0, 0.1) is 13.8 Å². The lowest BCUT2D eigenvalue weighted by Gasteiger charge is -2.05.